The van der Waals surface area contributed by atoms with E-state index in [1.807, 2.05) is 6.07 Å². The Labute approximate surface area is 130 Å². The van der Waals surface area contributed by atoms with Crippen LogP contribution >= 0.6 is 11.3 Å². The first-order valence-corrected chi connectivity index (χ1v) is 8.95. The molecule has 1 saturated heterocycles. The van der Waals surface area contributed by atoms with Gasteiger partial charge in [0, 0.05) is 6.54 Å². The van der Waals surface area contributed by atoms with Gasteiger partial charge in [0.25, 0.3) is 6.43 Å². The van der Waals surface area contributed by atoms with Crippen LogP contribution in [0.2, 0.25) is 0 Å². The Morgan fingerprint density at radius 2 is 2.00 bits per heavy atom. The molecule has 0 N–H and O–H groups in total. The van der Waals surface area contributed by atoms with Crippen LogP contribution in [-0.4, -0.2) is 29.5 Å². The van der Waals surface area contributed by atoms with Crippen LogP contribution in [0.4, 0.5) is 8.78 Å². The van der Waals surface area contributed by atoms with Crippen LogP contribution in [0, 0.1) is 0 Å². The van der Waals surface area contributed by atoms with Gasteiger partial charge in [-0.1, -0.05) is 41.7 Å². The molecular formula is C13H13F2N3O2S2. The molecule has 118 valence electrons. The van der Waals surface area contributed by atoms with E-state index in [4.69, 9.17) is 0 Å². The average Bonchev–Trinajstić information content (AvgIpc) is 3.06. The molecule has 0 saturated carbocycles. The Bertz CT molecular complexity index is 750. The van der Waals surface area contributed by atoms with Crippen molar-refractivity contribution in [3.63, 3.8) is 0 Å². The third-order valence-corrected chi connectivity index (χ3v) is 6.69. The highest BCUT2D eigenvalue weighted by Crippen LogP contribution is 2.36. The van der Waals surface area contributed by atoms with Crippen molar-refractivity contribution in [2.45, 2.75) is 24.6 Å². The third-order valence-electron chi connectivity index (χ3n) is 3.51. The fourth-order valence-electron chi connectivity index (χ4n) is 2.46. The number of hydrogen-bond donors (Lipinski definition) is 0. The fraction of sp³-hybridized carbons (Fsp3) is 0.385. The van der Waals surface area contributed by atoms with Crippen LogP contribution in [0.15, 0.2) is 30.3 Å². The van der Waals surface area contributed by atoms with Gasteiger partial charge < -0.3 is 0 Å². The molecule has 0 bridgehead atoms. The molecule has 1 atom stereocenters. The lowest BCUT2D eigenvalue weighted by atomic mass is 10.1. The Kier molecular flexibility index (Phi) is 4.20. The molecule has 0 radical (unpaired) electrons. The van der Waals surface area contributed by atoms with Crippen molar-refractivity contribution in [3.05, 3.63) is 45.9 Å². The summed E-state index contributed by atoms with van der Waals surface area (Å²) in [5, 5.41) is 6.34. The van der Waals surface area contributed by atoms with Crippen LogP contribution in [0.25, 0.3) is 0 Å². The summed E-state index contributed by atoms with van der Waals surface area (Å²) in [7, 11) is -3.51. The van der Waals surface area contributed by atoms with Gasteiger partial charge in [-0.05, 0) is 12.0 Å². The molecule has 1 aliphatic rings. The maximum absolute atomic E-state index is 12.6. The van der Waals surface area contributed by atoms with Crippen molar-refractivity contribution in [2.24, 2.45) is 0 Å². The van der Waals surface area contributed by atoms with Crippen molar-refractivity contribution in [1.82, 2.24) is 14.5 Å². The summed E-state index contributed by atoms with van der Waals surface area (Å²) in [5.74, 6) is 0. The van der Waals surface area contributed by atoms with Gasteiger partial charge in [-0.25, -0.2) is 17.2 Å². The van der Waals surface area contributed by atoms with E-state index in [0.29, 0.717) is 13.0 Å². The monoisotopic (exact) mass is 345 g/mol. The van der Waals surface area contributed by atoms with Crippen molar-refractivity contribution in [1.29, 1.82) is 0 Å². The summed E-state index contributed by atoms with van der Waals surface area (Å²) in [6.07, 6.45) is -2.20. The van der Waals surface area contributed by atoms with Crippen LogP contribution in [0.1, 0.15) is 33.7 Å². The van der Waals surface area contributed by atoms with E-state index in [2.05, 4.69) is 10.2 Å². The summed E-state index contributed by atoms with van der Waals surface area (Å²) >= 11 is 0.747. The highest BCUT2D eigenvalue weighted by Gasteiger charge is 2.40. The zero-order valence-electron chi connectivity index (χ0n) is 11.4. The van der Waals surface area contributed by atoms with E-state index < -0.39 is 21.7 Å². The summed E-state index contributed by atoms with van der Waals surface area (Å²) in [6.45, 7) is 0.349. The maximum atomic E-state index is 12.6. The molecule has 9 heteroatoms. The molecule has 5 nitrogen and oxygen atoms in total. The molecule has 1 aliphatic heterocycles. The summed E-state index contributed by atoms with van der Waals surface area (Å²) < 4.78 is 51.4. The van der Waals surface area contributed by atoms with Crippen molar-refractivity contribution >= 4 is 21.4 Å². The quantitative estimate of drug-likeness (QED) is 0.855. The average molecular weight is 345 g/mol. The summed E-state index contributed by atoms with van der Waals surface area (Å²) in [6, 6.07) is 8.99. The first-order valence-electron chi connectivity index (χ1n) is 6.63. The van der Waals surface area contributed by atoms with Gasteiger partial charge in [-0.2, -0.15) is 4.31 Å². The molecule has 2 aromatic rings. The van der Waals surface area contributed by atoms with E-state index in [1.54, 1.807) is 24.3 Å². The van der Waals surface area contributed by atoms with Crippen LogP contribution in [-0.2, 0) is 16.6 Å². The zero-order chi connectivity index (χ0) is 15.7. The second-order valence-corrected chi connectivity index (χ2v) is 8.11. The number of aromatic nitrogens is 2. The van der Waals surface area contributed by atoms with E-state index in [9.17, 15) is 17.2 Å². The molecule has 1 aromatic carbocycles. The van der Waals surface area contributed by atoms with Gasteiger partial charge >= 0.3 is 0 Å². The Morgan fingerprint density at radius 1 is 1.27 bits per heavy atom. The minimum Gasteiger partial charge on any atom is -0.212 e. The van der Waals surface area contributed by atoms with Crippen molar-refractivity contribution < 1.29 is 17.2 Å². The van der Waals surface area contributed by atoms with E-state index in [0.717, 1.165) is 16.9 Å². The summed E-state index contributed by atoms with van der Waals surface area (Å²) in [4.78, 5) is 0. The number of benzene rings is 1. The molecule has 1 aromatic heterocycles. The smallest absolute Gasteiger partial charge is 0.212 e. The maximum Gasteiger partial charge on any atom is 0.291 e. The molecule has 1 fully saturated rings. The van der Waals surface area contributed by atoms with Crippen molar-refractivity contribution in [3.8, 4) is 0 Å². The van der Waals surface area contributed by atoms with Gasteiger partial charge in [-0.3, -0.25) is 0 Å². The lowest BCUT2D eigenvalue weighted by molar-refractivity contribution is 0.150. The van der Waals surface area contributed by atoms with Gasteiger partial charge in [0.2, 0.25) is 10.0 Å². The SMILES string of the molecule is O=S1(=O)C(c2ccccc2)CCN1Cc1nnc(C(F)F)s1. The number of rotatable bonds is 4. The largest absolute Gasteiger partial charge is 0.291 e. The number of sulfonamides is 1. The van der Waals surface area contributed by atoms with Gasteiger partial charge in [-0.15, -0.1) is 10.2 Å². The van der Waals surface area contributed by atoms with E-state index in [1.165, 1.54) is 4.31 Å². The number of halogens is 2. The molecule has 0 spiro atoms. The minimum atomic E-state index is -3.51. The highest BCUT2D eigenvalue weighted by atomic mass is 32.2. The third kappa shape index (κ3) is 2.88. The normalized spacial score (nSPS) is 21.5. The Balaban J connectivity index is 1.78. The second-order valence-electron chi connectivity index (χ2n) is 4.90. The predicted molar refractivity (Wildman–Crippen MR) is 78.0 cm³/mol. The van der Waals surface area contributed by atoms with Crippen LogP contribution in [0.3, 0.4) is 0 Å². The molecular weight excluding hydrogens is 332 g/mol. The fourth-order valence-corrected chi connectivity index (χ4v) is 5.18. The van der Waals surface area contributed by atoms with Gasteiger partial charge in [0.15, 0.2) is 5.01 Å². The number of hydrogen-bond acceptors (Lipinski definition) is 5. The standard InChI is InChI=1S/C13H13F2N3O2S2/c14-12(15)13-17-16-11(21-13)8-18-7-6-10(22(18,19)20)9-4-2-1-3-5-9/h1-5,10,12H,6-8H2. The molecule has 22 heavy (non-hydrogen) atoms. The topological polar surface area (TPSA) is 63.2 Å². The number of nitrogens with zero attached hydrogens (tertiary/aromatic N) is 3. The van der Waals surface area contributed by atoms with Gasteiger partial charge in [0.05, 0.1) is 6.54 Å². The Hall–Kier alpha value is -1.45. The molecule has 0 amide bonds. The summed E-state index contributed by atoms with van der Waals surface area (Å²) in [5.41, 5.74) is 0.746. The molecule has 0 aliphatic carbocycles. The minimum absolute atomic E-state index is 0.00392. The molecule has 2 heterocycles. The lowest BCUT2D eigenvalue weighted by Crippen LogP contribution is -2.26. The first kappa shape index (κ1) is 15.4. The molecule has 3 rings (SSSR count). The highest BCUT2D eigenvalue weighted by molar-refractivity contribution is 7.89. The molecule has 1 unspecified atom stereocenters. The lowest BCUT2D eigenvalue weighted by Gasteiger charge is -2.15. The number of alkyl halides is 2. The zero-order valence-corrected chi connectivity index (χ0v) is 13.0. The first-order chi connectivity index (χ1) is 10.5. The van der Waals surface area contributed by atoms with Crippen molar-refractivity contribution in [2.75, 3.05) is 6.54 Å². The van der Waals surface area contributed by atoms with E-state index >= 15 is 0 Å². The van der Waals surface area contributed by atoms with Crippen LogP contribution < -0.4 is 0 Å². The predicted octanol–water partition coefficient (Wildman–Crippen LogP) is 2.75. The van der Waals surface area contributed by atoms with Gasteiger partial charge in [0.1, 0.15) is 10.3 Å². The Morgan fingerprint density at radius 3 is 2.64 bits per heavy atom. The second kappa shape index (κ2) is 5.98. The van der Waals surface area contributed by atoms with E-state index in [-0.39, 0.29) is 16.6 Å². The van der Waals surface area contributed by atoms with Crippen LogP contribution in [0.5, 0.6) is 0 Å².